The fourth-order valence-corrected chi connectivity index (χ4v) is 2.48. The van der Waals surface area contributed by atoms with Crippen LogP contribution in [0, 0.1) is 12.8 Å². The largest absolute Gasteiger partial charge is 0.327 e. The summed E-state index contributed by atoms with van der Waals surface area (Å²) in [6.07, 6.45) is 2.25. The number of piperidine rings is 1. The lowest BCUT2D eigenvalue weighted by Gasteiger charge is -2.34. The lowest BCUT2D eigenvalue weighted by molar-refractivity contribution is 0.185. The second kappa shape index (κ2) is 6.39. The van der Waals surface area contributed by atoms with Crippen molar-refractivity contribution in [2.24, 2.45) is 11.7 Å². The van der Waals surface area contributed by atoms with Crippen LogP contribution in [0.15, 0.2) is 24.3 Å². The van der Waals surface area contributed by atoms with Gasteiger partial charge in [-0.2, -0.15) is 0 Å². The number of aryl methyl sites for hydroxylation is 1. The Morgan fingerprint density at radius 2 is 1.94 bits per heavy atom. The van der Waals surface area contributed by atoms with E-state index in [-0.39, 0.29) is 12.4 Å². The highest BCUT2D eigenvalue weighted by Crippen LogP contribution is 2.19. The van der Waals surface area contributed by atoms with E-state index in [1.807, 2.05) is 0 Å². The number of hydrogen-bond acceptors (Lipinski definition) is 2. The Balaban J connectivity index is 0.00000144. The summed E-state index contributed by atoms with van der Waals surface area (Å²) in [6, 6.07) is 9.21. The van der Waals surface area contributed by atoms with E-state index >= 15 is 0 Å². The first-order valence-corrected chi connectivity index (χ1v) is 6.15. The normalized spacial score (nSPS) is 25.4. The highest BCUT2D eigenvalue weighted by Gasteiger charge is 2.24. The van der Waals surface area contributed by atoms with Crippen molar-refractivity contribution in [1.29, 1.82) is 0 Å². The fraction of sp³-hybridized carbons (Fsp3) is 0.571. The molecule has 3 heteroatoms. The first kappa shape index (κ1) is 14.5. The predicted molar refractivity (Wildman–Crippen MR) is 75.7 cm³/mol. The van der Waals surface area contributed by atoms with Crippen molar-refractivity contribution in [1.82, 2.24) is 4.90 Å². The molecule has 1 aliphatic heterocycles. The summed E-state index contributed by atoms with van der Waals surface area (Å²) in [6.45, 7) is 4.41. The van der Waals surface area contributed by atoms with Crippen molar-refractivity contribution in [3.05, 3.63) is 35.4 Å². The minimum atomic E-state index is 0. The zero-order chi connectivity index (χ0) is 11.5. The van der Waals surface area contributed by atoms with Crippen molar-refractivity contribution in [2.45, 2.75) is 25.8 Å². The molecule has 2 N–H and O–H groups in total. The molecule has 96 valence electrons. The molecule has 0 aromatic heterocycles. The Labute approximate surface area is 111 Å². The topological polar surface area (TPSA) is 29.3 Å². The second-order valence-corrected chi connectivity index (χ2v) is 5.16. The smallest absolute Gasteiger partial charge is 0.00947 e. The van der Waals surface area contributed by atoms with E-state index < -0.39 is 0 Å². The minimum Gasteiger partial charge on any atom is -0.327 e. The molecule has 0 radical (unpaired) electrons. The maximum Gasteiger partial charge on any atom is 0.00947 e. The first-order chi connectivity index (χ1) is 7.65. The Morgan fingerprint density at radius 1 is 1.29 bits per heavy atom. The molecular weight excluding hydrogens is 232 g/mol. The average Bonchev–Trinajstić information content (AvgIpc) is 2.27. The van der Waals surface area contributed by atoms with Crippen molar-refractivity contribution in [2.75, 3.05) is 20.1 Å². The molecule has 2 unspecified atom stereocenters. The number of rotatable bonds is 2. The number of nitrogens with two attached hydrogens (primary N) is 1. The summed E-state index contributed by atoms with van der Waals surface area (Å²) < 4.78 is 0. The second-order valence-electron chi connectivity index (χ2n) is 5.16. The van der Waals surface area contributed by atoms with Crippen LogP contribution in [0.3, 0.4) is 0 Å². The van der Waals surface area contributed by atoms with Crippen LogP contribution in [-0.2, 0) is 6.42 Å². The summed E-state index contributed by atoms with van der Waals surface area (Å²) in [5.41, 5.74) is 8.94. The van der Waals surface area contributed by atoms with Gasteiger partial charge in [-0.15, -0.1) is 12.4 Å². The van der Waals surface area contributed by atoms with Crippen LogP contribution in [0.4, 0.5) is 0 Å². The van der Waals surface area contributed by atoms with Gasteiger partial charge in [0.25, 0.3) is 0 Å². The molecule has 17 heavy (non-hydrogen) atoms. The summed E-state index contributed by atoms with van der Waals surface area (Å²) in [7, 11) is 2.19. The molecule has 0 saturated carbocycles. The minimum absolute atomic E-state index is 0. The monoisotopic (exact) mass is 254 g/mol. The Morgan fingerprint density at radius 3 is 2.59 bits per heavy atom. The maximum absolute atomic E-state index is 6.19. The SMILES string of the molecule is Cc1ccc(CC2CN(C)CCC2N)cc1.Cl. The van der Waals surface area contributed by atoms with Crippen molar-refractivity contribution >= 4 is 12.4 Å². The fourth-order valence-electron chi connectivity index (χ4n) is 2.48. The van der Waals surface area contributed by atoms with Gasteiger partial charge < -0.3 is 10.6 Å². The van der Waals surface area contributed by atoms with Gasteiger partial charge in [-0.1, -0.05) is 29.8 Å². The summed E-state index contributed by atoms with van der Waals surface area (Å²) in [5, 5.41) is 0. The summed E-state index contributed by atoms with van der Waals surface area (Å²) in [4.78, 5) is 2.39. The van der Waals surface area contributed by atoms with Crippen molar-refractivity contribution in [3.63, 3.8) is 0 Å². The summed E-state index contributed by atoms with van der Waals surface area (Å²) in [5.74, 6) is 0.612. The molecule has 0 spiro atoms. The van der Waals surface area contributed by atoms with Crippen LogP contribution in [0.25, 0.3) is 0 Å². The van der Waals surface area contributed by atoms with Gasteiger partial charge in [0, 0.05) is 12.6 Å². The Bertz CT molecular complexity index is 337. The number of benzene rings is 1. The van der Waals surface area contributed by atoms with Crippen LogP contribution in [0.5, 0.6) is 0 Å². The van der Waals surface area contributed by atoms with Gasteiger partial charge in [0.2, 0.25) is 0 Å². The Hall–Kier alpha value is -0.570. The van der Waals surface area contributed by atoms with E-state index in [2.05, 4.69) is 43.1 Å². The van der Waals surface area contributed by atoms with Crippen LogP contribution in [0.2, 0.25) is 0 Å². The number of nitrogens with zero attached hydrogens (tertiary/aromatic N) is 1. The van der Waals surface area contributed by atoms with Crippen LogP contribution in [-0.4, -0.2) is 31.1 Å². The van der Waals surface area contributed by atoms with E-state index in [9.17, 15) is 0 Å². The highest BCUT2D eigenvalue weighted by atomic mass is 35.5. The molecule has 1 aliphatic rings. The molecule has 1 aromatic rings. The zero-order valence-electron chi connectivity index (χ0n) is 10.7. The molecule has 1 saturated heterocycles. The van der Waals surface area contributed by atoms with Crippen LogP contribution < -0.4 is 5.73 Å². The van der Waals surface area contributed by atoms with Gasteiger partial charge in [0.15, 0.2) is 0 Å². The molecule has 1 fully saturated rings. The number of halogens is 1. The molecular formula is C14H23ClN2. The molecule has 0 aliphatic carbocycles. The quantitative estimate of drug-likeness (QED) is 0.877. The summed E-state index contributed by atoms with van der Waals surface area (Å²) >= 11 is 0. The van der Waals surface area contributed by atoms with E-state index in [1.165, 1.54) is 11.1 Å². The third-order valence-electron chi connectivity index (χ3n) is 3.61. The third kappa shape index (κ3) is 3.98. The average molecular weight is 255 g/mol. The van der Waals surface area contributed by atoms with Gasteiger partial charge in [-0.25, -0.2) is 0 Å². The van der Waals surface area contributed by atoms with E-state index in [0.717, 1.165) is 25.9 Å². The lowest BCUT2D eigenvalue weighted by atomic mass is 9.87. The molecule has 2 atom stereocenters. The van der Waals surface area contributed by atoms with Crippen molar-refractivity contribution < 1.29 is 0 Å². The van der Waals surface area contributed by atoms with Crippen LogP contribution in [0.1, 0.15) is 17.5 Å². The van der Waals surface area contributed by atoms with Gasteiger partial charge >= 0.3 is 0 Å². The van der Waals surface area contributed by atoms with Gasteiger partial charge in [-0.05, 0) is 44.8 Å². The molecule has 2 rings (SSSR count). The van der Waals surface area contributed by atoms with Gasteiger partial charge in [-0.3, -0.25) is 0 Å². The molecule has 0 amide bonds. The molecule has 1 aromatic carbocycles. The zero-order valence-corrected chi connectivity index (χ0v) is 11.5. The number of hydrogen-bond donors (Lipinski definition) is 1. The van der Waals surface area contributed by atoms with Gasteiger partial charge in [0.1, 0.15) is 0 Å². The van der Waals surface area contributed by atoms with E-state index in [0.29, 0.717) is 12.0 Å². The van der Waals surface area contributed by atoms with E-state index in [4.69, 9.17) is 5.73 Å². The first-order valence-electron chi connectivity index (χ1n) is 6.15. The van der Waals surface area contributed by atoms with E-state index in [1.54, 1.807) is 0 Å². The Kier molecular flexibility index (Phi) is 5.44. The molecule has 1 heterocycles. The van der Waals surface area contributed by atoms with Crippen molar-refractivity contribution in [3.8, 4) is 0 Å². The van der Waals surface area contributed by atoms with Crippen LogP contribution >= 0.6 is 12.4 Å². The third-order valence-corrected chi connectivity index (χ3v) is 3.61. The maximum atomic E-state index is 6.19. The predicted octanol–water partition coefficient (Wildman–Crippen LogP) is 2.24. The van der Waals surface area contributed by atoms with Gasteiger partial charge in [0.05, 0.1) is 0 Å². The lowest BCUT2D eigenvalue weighted by Crippen LogP contribution is -2.46. The highest BCUT2D eigenvalue weighted by molar-refractivity contribution is 5.85. The number of likely N-dealkylation sites (tertiary alicyclic amines) is 1. The molecule has 0 bridgehead atoms. The molecule has 2 nitrogen and oxygen atoms in total. The standard InChI is InChI=1S/C14H22N2.ClH/c1-11-3-5-12(6-4-11)9-13-10-16(2)8-7-14(13)15;/h3-6,13-14H,7-10,15H2,1-2H3;1H.